The predicted molar refractivity (Wildman–Crippen MR) is 83.5 cm³/mol. The van der Waals surface area contributed by atoms with Crippen molar-refractivity contribution in [1.29, 1.82) is 0 Å². The third-order valence-electron chi connectivity index (χ3n) is 3.25. The van der Waals surface area contributed by atoms with Gasteiger partial charge in [-0.2, -0.15) is 0 Å². The van der Waals surface area contributed by atoms with E-state index in [0.717, 1.165) is 17.4 Å². The molecule has 1 N–H and O–H groups in total. The summed E-state index contributed by atoms with van der Waals surface area (Å²) in [5, 5.41) is 9.53. The minimum Gasteiger partial charge on any atom is -0.459 e. The average molecular weight is 298 g/mol. The van der Waals surface area contributed by atoms with Gasteiger partial charge < -0.3 is 14.6 Å². The van der Waals surface area contributed by atoms with Crippen LogP contribution in [0.3, 0.4) is 0 Å². The molecular weight excluding hydrogens is 280 g/mol. The van der Waals surface area contributed by atoms with E-state index in [1.165, 1.54) is 0 Å². The molecule has 0 saturated heterocycles. The summed E-state index contributed by atoms with van der Waals surface area (Å²) in [6.07, 6.45) is 0.472. The van der Waals surface area contributed by atoms with Crippen molar-refractivity contribution in [2.45, 2.75) is 18.9 Å². The second kappa shape index (κ2) is 8.10. The molecule has 0 aromatic heterocycles. The Morgan fingerprint density at radius 3 is 2.32 bits per heavy atom. The molecule has 2 aromatic carbocycles. The Hall–Kier alpha value is -2.46. The van der Waals surface area contributed by atoms with Gasteiger partial charge in [0.05, 0.1) is 11.7 Å². The summed E-state index contributed by atoms with van der Waals surface area (Å²) in [6, 6.07) is 17.0. The third-order valence-corrected chi connectivity index (χ3v) is 3.25. The monoisotopic (exact) mass is 298 g/mol. The number of rotatable bonds is 7. The van der Waals surface area contributed by atoms with E-state index in [2.05, 4.69) is 0 Å². The van der Waals surface area contributed by atoms with Crippen molar-refractivity contribution in [1.82, 2.24) is 0 Å². The van der Waals surface area contributed by atoms with Gasteiger partial charge in [-0.3, -0.25) is 0 Å². The molecule has 4 heteroatoms. The van der Waals surface area contributed by atoms with E-state index in [1.54, 1.807) is 12.1 Å². The lowest BCUT2D eigenvalue weighted by Gasteiger charge is -2.10. The highest BCUT2D eigenvalue weighted by molar-refractivity contribution is 5.90. The Kier molecular flexibility index (Phi) is 5.86. The first-order valence-electron chi connectivity index (χ1n) is 7.15. The smallest absolute Gasteiger partial charge is 0.338 e. The molecule has 2 aromatic rings. The maximum absolute atomic E-state index is 11.9. The maximum Gasteiger partial charge on any atom is 0.338 e. The number of hydrogen-bond donors (Lipinski definition) is 1. The normalized spacial score (nSPS) is 11.7. The Morgan fingerprint density at radius 1 is 1.05 bits per heavy atom. The van der Waals surface area contributed by atoms with Crippen LogP contribution in [0.1, 0.15) is 23.2 Å². The van der Waals surface area contributed by atoms with Crippen LogP contribution in [0.2, 0.25) is 0 Å². The van der Waals surface area contributed by atoms with Crippen molar-refractivity contribution in [3.8, 4) is 11.1 Å². The van der Waals surface area contributed by atoms with Crippen molar-refractivity contribution < 1.29 is 19.4 Å². The number of ether oxygens (including phenoxy) is 1. The number of carbonyl (C=O) groups is 2. The first-order valence-corrected chi connectivity index (χ1v) is 7.15. The highest BCUT2D eigenvalue weighted by Gasteiger charge is 2.11. The van der Waals surface area contributed by atoms with Crippen LogP contribution in [0, 0.1) is 0 Å². The zero-order chi connectivity index (χ0) is 15.8. The van der Waals surface area contributed by atoms with Gasteiger partial charge in [-0.1, -0.05) is 42.5 Å². The summed E-state index contributed by atoms with van der Waals surface area (Å²) >= 11 is 0. The largest absolute Gasteiger partial charge is 0.459 e. The van der Waals surface area contributed by atoms with E-state index >= 15 is 0 Å². The number of carbonyl (C=O) groups excluding carboxylic acids is 2. The van der Waals surface area contributed by atoms with Crippen LogP contribution in [-0.2, 0) is 9.53 Å². The molecule has 0 radical (unpaired) electrons. The average Bonchev–Trinajstić information content (AvgIpc) is 2.58. The first-order chi connectivity index (χ1) is 10.7. The number of benzene rings is 2. The van der Waals surface area contributed by atoms with Crippen LogP contribution in [-0.4, -0.2) is 30.1 Å². The summed E-state index contributed by atoms with van der Waals surface area (Å²) in [6.45, 7) is -0.104. The van der Waals surface area contributed by atoms with Crippen molar-refractivity contribution in [2.24, 2.45) is 0 Å². The lowest BCUT2D eigenvalue weighted by atomic mass is 10.0. The van der Waals surface area contributed by atoms with Crippen LogP contribution in [0.4, 0.5) is 0 Å². The Labute approximate surface area is 129 Å². The number of aldehydes is 1. The van der Waals surface area contributed by atoms with Crippen molar-refractivity contribution in [3.05, 3.63) is 60.2 Å². The van der Waals surface area contributed by atoms with Crippen LogP contribution in [0.15, 0.2) is 54.6 Å². The lowest BCUT2D eigenvalue weighted by Crippen LogP contribution is -2.18. The molecule has 1 atom stereocenters. The molecule has 0 unspecified atom stereocenters. The molecule has 22 heavy (non-hydrogen) atoms. The first kappa shape index (κ1) is 15.9. The Balaban J connectivity index is 1.92. The number of hydrogen-bond acceptors (Lipinski definition) is 4. The molecule has 0 saturated carbocycles. The van der Waals surface area contributed by atoms with Crippen LogP contribution < -0.4 is 0 Å². The van der Waals surface area contributed by atoms with Gasteiger partial charge in [0, 0.05) is 6.42 Å². The third kappa shape index (κ3) is 4.53. The van der Waals surface area contributed by atoms with Crippen molar-refractivity contribution in [3.63, 3.8) is 0 Å². The minimum absolute atomic E-state index is 0.104. The highest BCUT2D eigenvalue weighted by Crippen LogP contribution is 2.19. The van der Waals surface area contributed by atoms with Crippen molar-refractivity contribution in [2.75, 3.05) is 6.61 Å². The van der Waals surface area contributed by atoms with Gasteiger partial charge in [0.1, 0.15) is 12.9 Å². The SMILES string of the molecule is O=CCC[C@H](O)COC(=O)c1ccc(-c2ccccc2)cc1. The van der Waals surface area contributed by atoms with Gasteiger partial charge in [-0.25, -0.2) is 4.79 Å². The Morgan fingerprint density at radius 2 is 1.68 bits per heavy atom. The number of esters is 1. The van der Waals surface area contributed by atoms with Gasteiger partial charge in [-0.05, 0) is 29.7 Å². The molecule has 0 aliphatic rings. The van der Waals surface area contributed by atoms with Crippen LogP contribution >= 0.6 is 0 Å². The molecule has 114 valence electrons. The molecule has 0 fully saturated rings. The standard InChI is InChI=1S/C18H18O4/c19-12-4-7-17(20)13-22-18(21)16-10-8-15(9-11-16)14-5-2-1-3-6-14/h1-3,5-6,8-12,17,20H,4,7,13H2/t17-/m0/s1. The molecule has 2 rings (SSSR count). The fourth-order valence-electron chi connectivity index (χ4n) is 2.03. The zero-order valence-corrected chi connectivity index (χ0v) is 12.1. The number of aliphatic hydroxyl groups excluding tert-OH is 1. The fraction of sp³-hybridized carbons (Fsp3) is 0.222. The maximum atomic E-state index is 11.9. The molecule has 0 heterocycles. The van der Waals surface area contributed by atoms with Gasteiger partial charge >= 0.3 is 5.97 Å². The van der Waals surface area contributed by atoms with E-state index in [-0.39, 0.29) is 13.0 Å². The molecular formula is C18H18O4. The molecule has 0 aliphatic carbocycles. The van der Waals surface area contributed by atoms with Crippen LogP contribution in [0.5, 0.6) is 0 Å². The fourth-order valence-corrected chi connectivity index (χ4v) is 2.03. The quantitative estimate of drug-likeness (QED) is 0.630. The van der Waals surface area contributed by atoms with E-state index in [4.69, 9.17) is 4.74 Å². The van der Waals surface area contributed by atoms with Gasteiger partial charge in [0.15, 0.2) is 0 Å². The molecule has 4 nitrogen and oxygen atoms in total. The number of aliphatic hydroxyl groups is 1. The predicted octanol–water partition coefficient (Wildman–Crippen LogP) is 2.85. The van der Waals surface area contributed by atoms with E-state index in [9.17, 15) is 14.7 Å². The summed E-state index contributed by atoms with van der Waals surface area (Å²) < 4.78 is 5.03. The molecule has 0 spiro atoms. The summed E-state index contributed by atoms with van der Waals surface area (Å²) in [4.78, 5) is 22.1. The van der Waals surface area contributed by atoms with Crippen LogP contribution in [0.25, 0.3) is 11.1 Å². The van der Waals surface area contributed by atoms with Gasteiger partial charge in [-0.15, -0.1) is 0 Å². The van der Waals surface area contributed by atoms with E-state index < -0.39 is 12.1 Å². The lowest BCUT2D eigenvalue weighted by molar-refractivity contribution is -0.108. The Bertz CT molecular complexity index is 605. The molecule has 0 amide bonds. The summed E-state index contributed by atoms with van der Waals surface area (Å²) in [5.41, 5.74) is 2.53. The summed E-state index contributed by atoms with van der Waals surface area (Å²) in [7, 11) is 0. The van der Waals surface area contributed by atoms with Gasteiger partial charge in [0.2, 0.25) is 0 Å². The van der Waals surface area contributed by atoms with Gasteiger partial charge in [0.25, 0.3) is 0 Å². The van der Waals surface area contributed by atoms with E-state index in [0.29, 0.717) is 12.0 Å². The highest BCUT2D eigenvalue weighted by atomic mass is 16.5. The zero-order valence-electron chi connectivity index (χ0n) is 12.1. The second-order valence-electron chi connectivity index (χ2n) is 4.94. The second-order valence-corrected chi connectivity index (χ2v) is 4.94. The minimum atomic E-state index is -0.808. The van der Waals surface area contributed by atoms with E-state index in [1.807, 2.05) is 42.5 Å². The summed E-state index contributed by atoms with van der Waals surface area (Å²) in [5.74, 6) is -0.482. The molecule has 0 bridgehead atoms. The van der Waals surface area contributed by atoms with Crippen molar-refractivity contribution >= 4 is 12.3 Å². The topological polar surface area (TPSA) is 63.6 Å². The molecule has 0 aliphatic heterocycles.